The lowest BCUT2D eigenvalue weighted by atomic mass is 9.93. The fourth-order valence-electron chi connectivity index (χ4n) is 2.91. The van der Waals surface area contributed by atoms with Gasteiger partial charge in [-0.2, -0.15) is 0 Å². The molecule has 0 spiro atoms. The Morgan fingerprint density at radius 1 is 1.32 bits per heavy atom. The molecule has 1 aromatic rings. The Morgan fingerprint density at radius 2 is 2.05 bits per heavy atom. The van der Waals surface area contributed by atoms with Gasteiger partial charge in [0.1, 0.15) is 0 Å². The Morgan fingerprint density at radius 3 is 2.68 bits per heavy atom. The summed E-state index contributed by atoms with van der Waals surface area (Å²) in [5.41, 5.74) is 0.533. The molecule has 0 unspecified atom stereocenters. The van der Waals surface area contributed by atoms with Gasteiger partial charge in [0.25, 0.3) is 0 Å². The Hall–Kier alpha value is -1.20. The summed E-state index contributed by atoms with van der Waals surface area (Å²) in [5.74, 6) is 0.0947. The molecule has 0 aromatic heterocycles. The highest BCUT2D eigenvalue weighted by molar-refractivity contribution is 7.99. The number of carbonyl (C=O) groups is 2. The third-order valence-corrected chi connectivity index (χ3v) is 5.08. The smallest absolute Gasteiger partial charge is 0.305 e. The van der Waals surface area contributed by atoms with E-state index >= 15 is 0 Å². The van der Waals surface area contributed by atoms with Crippen molar-refractivity contribution in [2.45, 2.75) is 43.4 Å². The summed E-state index contributed by atoms with van der Waals surface area (Å²) >= 11 is 7.43. The number of carbonyl (C=O) groups excluding carboxylic acids is 1. The van der Waals surface area contributed by atoms with Crippen LogP contribution in [-0.4, -0.2) is 28.3 Å². The van der Waals surface area contributed by atoms with Gasteiger partial charge in [0, 0.05) is 10.8 Å². The van der Waals surface area contributed by atoms with E-state index in [1.807, 2.05) is 24.3 Å². The van der Waals surface area contributed by atoms with Crippen molar-refractivity contribution in [3.8, 4) is 0 Å². The van der Waals surface area contributed by atoms with Crippen molar-refractivity contribution < 1.29 is 14.7 Å². The first-order valence-electron chi connectivity index (χ1n) is 7.34. The van der Waals surface area contributed by atoms with Crippen LogP contribution in [0, 0.1) is 0 Å². The monoisotopic (exact) mass is 341 g/mol. The van der Waals surface area contributed by atoms with Crippen LogP contribution in [0.1, 0.15) is 37.7 Å². The van der Waals surface area contributed by atoms with Gasteiger partial charge in [0.15, 0.2) is 0 Å². The second-order valence-electron chi connectivity index (χ2n) is 5.73. The average Bonchev–Trinajstić information content (AvgIpc) is 2.86. The number of halogens is 1. The maximum atomic E-state index is 12.1. The molecule has 2 rings (SSSR count). The summed E-state index contributed by atoms with van der Waals surface area (Å²) in [7, 11) is 0. The third kappa shape index (κ3) is 5.21. The van der Waals surface area contributed by atoms with E-state index in [-0.39, 0.29) is 12.3 Å². The van der Waals surface area contributed by atoms with Crippen molar-refractivity contribution in [1.29, 1.82) is 0 Å². The van der Waals surface area contributed by atoms with Crippen LogP contribution in [0.25, 0.3) is 0 Å². The van der Waals surface area contributed by atoms with Gasteiger partial charge in [-0.05, 0) is 30.5 Å². The number of thioether (sulfide) groups is 1. The van der Waals surface area contributed by atoms with E-state index in [1.165, 1.54) is 11.8 Å². The summed E-state index contributed by atoms with van der Waals surface area (Å²) < 4.78 is 0. The first-order valence-corrected chi connectivity index (χ1v) is 8.87. The zero-order valence-corrected chi connectivity index (χ0v) is 13.9. The first-order chi connectivity index (χ1) is 10.5. The lowest BCUT2D eigenvalue weighted by Gasteiger charge is -2.28. The summed E-state index contributed by atoms with van der Waals surface area (Å²) in [5, 5.41) is 12.7. The molecule has 2 N–H and O–H groups in total. The molecule has 0 radical (unpaired) electrons. The fourth-order valence-corrected chi connectivity index (χ4v) is 3.90. The summed E-state index contributed by atoms with van der Waals surface area (Å²) in [6.07, 6.45) is 3.47. The van der Waals surface area contributed by atoms with Gasteiger partial charge >= 0.3 is 5.97 Å². The molecule has 4 nitrogen and oxygen atoms in total. The summed E-state index contributed by atoms with van der Waals surface area (Å²) in [4.78, 5) is 23.1. The van der Waals surface area contributed by atoms with Crippen molar-refractivity contribution >= 4 is 35.2 Å². The maximum absolute atomic E-state index is 12.1. The number of amides is 1. The second-order valence-corrected chi connectivity index (χ2v) is 7.15. The van der Waals surface area contributed by atoms with Crippen LogP contribution < -0.4 is 5.32 Å². The van der Waals surface area contributed by atoms with Crippen molar-refractivity contribution in [3.63, 3.8) is 0 Å². The van der Waals surface area contributed by atoms with E-state index in [4.69, 9.17) is 16.7 Å². The maximum Gasteiger partial charge on any atom is 0.305 e. The number of carboxylic acid groups (broad SMARTS) is 1. The van der Waals surface area contributed by atoms with Crippen LogP contribution in [0.2, 0.25) is 5.02 Å². The summed E-state index contributed by atoms with van der Waals surface area (Å²) in [6.45, 7) is 0. The average molecular weight is 342 g/mol. The van der Waals surface area contributed by atoms with Gasteiger partial charge < -0.3 is 10.4 Å². The minimum atomic E-state index is -0.853. The Kier molecular flexibility index (Phi) is 6.15. The topological polar surface area (TPSA) is 66.4 Å². The van der Waals surface area contributed by atoms with Gasteiger partial charge in [-0.25, -0.2) is 0 Å². The van der Waals surface area contributed by atoms with E-state index in [2.05, 4.69) is 5.32 Å². The van der Waals surface area contributed by atoms with E-state index < -0.39 is 11.5 Å². The quantitative estimate of drug-likeness (QED) is 0.796. The lowest BCUT2D eigenvalue weighted by molar-refractivity contribution is -0.139. The minimum absolute atomic E-state index is 0.0116. The Balaban J connectivity index is 1.80. The van der Waals surface area contributed by atoms with Crippen molar-refractivity contribution in [1.82, 2.24) is 5.32 Å². The van der Waals surface area contributed by atoms with Gasteiger partial charge in [-0.1, -0.05) is 36.6 Å². The van der Waals surface area contributed by atoms with Crippen LogP contribution >= 0.6 is 23.4 Å². The van der Waals surface area contributed by atoms with Gasteiger partial charge in [-0.3, -0.25) is 9.59 Å². The molecule has 1 aromatic carbocycles. The number of aliphatic carboxylic acids is 1. The van der Waals surface area contributed by atoms with Crippen LogP contribution in [-0.2, 0) is 15.3 Å². The normalized spacial score (nSPS) is 16.4. The molecule has 1 saturated carbocycles. The van der Waals surface area contributed by atoms with Crippen LogP contribution in [0.3, 0.4) is 0 Å². The number of rotatable bonds is 7. The minimum Gasteiger partial charge on any atom is -0.481 e. The van der Waals surface area contributed by atoms with Crippen LogP contribution in [0.4, 0.5) is 0 Å². The number of carboxylic acids is 1. The molecule has 120 valence electrons. The third-order valence-electron chi connectivity index (χ3n) is 3.85. The number of hydrogen-bond donors (Lipinski definition) is 2. The van der Waals surface area contributed by atoms with Crippen molar-refractivity contribution in [2.75, 3.05) is 5.75 Å². The molecular formula is C16H20ClNO3S. The zero-order chi connectivity index (χ0) is 16.0. The lowest BCUT2D eigenvalue weighted by Crippen LogP contribution is -2.48. The summed E-state index contributed by atoms with van der Waals surface area (Å²) in [6, 6.07) is 7.56. The number of hydrogen-bond acceptors (Lipinski definition) is 3. The molecule has 0 aliphatic heterocycles. The van der Waals surface area contributed by atoms with Gasteiger partial charge in [-0.15, -0.1) is 11.8 Å². The SMILES string of the molecule is O=C(O)CC1(NC(=O)CSCc2cccc(Cl)c2)CCCC1. The highest BCUT2D eigenvalue weighted by Gasteiger charge is 2.37. The van der Waals surface area contributed by atoms with E-state index in [1.54, 1.807) is 0 Å². The van der Waals surface area contributed by atoms with Crippen LogP contribution in [0.15, 0.2) is 24.3 Å². The molecule has 1 aliphatic rings. The fraction of sp³-hybridized carbons (Fsp3) is 0.500. The predicted molar refractivity (Wildman–Crippen MR) is 89.2 cm³/mol. The molecule has 0 atom stereocenters. The standard InChI is InChI=1S/C16H20ClNO3S/c17-13-5-3-4-12(8-13)10-22-11-14(19)18-16(9-15(20)21)6-1-2-7-16/h3-5,8H,1-2,6-7,9-11H2,(H,18,19)(H,20,21). The van der Waals surface area contributed by atoms with Crippen LogP contribution in [0.5, 0.6) is 0 Å². The number of nitrogens with one attached hydrogen (secondary N) is 1. The molecule has 1 fully saturated rings. The highest BCUT2D eigenvalue weighted by Crippen LogP contribution is 2.32. The Labute approximate surface area is 139 Å². The highest BCUT2D eigenvalue weighted by atomic mass is 35.5. The molecule has 6 heteroatoms. The van der Waals surface area contributed by atoms with E-state index in [9.17, 15) is 9.59 Å². The molecular weight excluding hydrogens is 322 g/mol. The molecule has 1 aliphatic carbocycles. The molecule has 22 heavy (non-hydrogen) atoms. The predicted octanol–water partition coefficient (Wildman–Crippen LogP) is 3.48. The largest absolute Gasteiger partial charge is 0.481 e. The molecule has 0 bridgehead atoms. The molecule has 0 saturated heterocycles. The first kappa shape index (κ1) is 17.2. The molecule has 0 heterocycles. The van der Waals surface area contributed by atoms with Crippen molar-refractivity contribution in [3.05, 3.63) is 34.9 Å². The van der Waals surface area contributed by atoms with E-state index in [0.29, 0.717) is 16.5 Å². The Bertz CT molecular complexity index is 544. The van der Waals surface area contributed by atoms with E-state index in [0.717, 1.165) is 31.2 Å². The zero-order valence-electron chi connectivity index (χ0n) is 12.3. The van der Waals surface area contributed by atoms with Crippen molar-refractivity contribution in [2.24, 2.45) is 0 Å². The second kappa shape index (κ2) is 7.88. The van der Waals surface area contributed by atoms with Gasteiger partial charge in [0.2, 0.25) is 5.91 Å². The molecule has 1 amide bonds. The number of benzene rings is 1. The van der Waals surface area contributed by atoms with Gasteiger partial charge in [0.05, 0.1) is 17.7 Å².